The Kier molecular flexibility index (Phi) is 7.40. The standard InChI is InChI=1S/C30H38S3/c1-19(2)9-5-7-11-23-13-21-15-25-26-16-22-14-24(12-8-6-10-20(3)4)32-28(22)18-30(26)33-29(25)17-27(21)31-23/h13-17,19-20,30H,5-12,18H2,1-4H3. The monoisotopic (exact) mass is 494 g/mol. The Morgan fingerprint density at radius 3 is 2.21 bits per heavy atom. The first kappa shape index (κ1) is 23.7. The van der Waals surface area contributed by atoms with Crippen LogP contribution in [0.15, 0.2) is 29.2 Å². The minimum atomic E-state index is 0.618. The van der Waals surface area contributed by atoms with Crippen LogP contribution in [-0.2, 0) is 19.3 Å². The van der Waals surface area contributed by atoms with Gasteiger partial charge in [-0.3, -0.25) is 0 Å². The van der Waals surface area contributed by atoms with Crippen LogP contribution in [0.25, 0.3) is 21.7 Å². The van der Waals surface area contributed by atoms with Crippen LogP contribution >= 0.6 is 34.4 Å². The molecule has 2 aliphatic rings. The van der Waals surface area contributed by atoms with Gasteiger partial charge >= 0.3 is 0 Å². The Labute approximate surface area is 212 Å². The van der Waals surface area contributed by atoms with E-state index in [0.29, 0.717) is 5.25 Å². The minimum Gasteiger partial charge on any atom is -0.145 e. The Hall–Kier alpha value is -1.03. The summed E-state index contributed by atoms with van der Waals surface area (Å²) in [4.78, 5) is 6.30. The summed E-state index contributed by atoms with van der Waals surface area (Å²) in [6, 6.07) is 9.97. The van der Waals surface area contributed by atoms with E-state index in [1.165, 1.54) is 83.9 Å². The highest BCUT2D eigenvalue weighted by Gasteiger charge is 2.32. The molecular formula is C30H38S3. The molecule has 0 spiro atoms. The summed E-state index contributed by atoms with van der Waals surface area (Å²) < 4.78 is 1.48. The Balaban J connectivity index is 1.30. The summed E-state index contributed by atoms with van der Waals surface area (Å²) in [5, 5.41) is 2.08. The van der Waals surface area contributed by atoms with Crippen LogP contribution in [0.4, 0.5) is 0 Å². The second-order valence-corrected chi connectivity index (χ2v) is 14.5. The third kappa shape index (κ3) is 5.46. The van der Waals surface area contributed by atoms with Crippen molar-refractivity contribution in [3.8, 4) is 0 Å². The van der Waals surface area contributed by atoms with Crippen molar-refractivity contribution in [2.45, 2.75) is 95.6 Å². The first-order valence-electron chi connectivity index (χ1n) is 13.0. The molecular weight excluding hydrogens is 457 g/mol. The highest BCUT2D eigenvalue weighted by molar-refractivity contribution is 8.01. The molecule has 1 aliphatic carbocycles. The molecule has 0 fully saturated rings. The van der Waals surface area contributed by atoms with Gasteiger partial charge in [0.15, 0.2) is 0 Å². The Morgan fingerprint density at radius 2 is 1.52 bits per heavy atom. The maximum Gasteiger partial charge on any atom is 0.0399 e. The van der Waals surface area contributed by atoms with Crippen molar-refractivity contribution < 1.29 is 0 Å². The van der Waals surface area contributed by atoms with Crippen LogP contribution in [0.3, 0.4) is 0 Å². The van der Waals surface area contributed by atoms with Gasteiger partial charge in [-0.1, -0.05) is 53.4 Å². The maximum absolute atomic E-state index is 2.53. The summed E-state index contributed by atoms with van der Waals surface area (Å²) >= 11 is 6.22. The molecule has 3 heterocycles. The van der Waals surface area contributed by atoms with Gasteiger partial charge in [-0.05, 0) is 96.4 Å². The van der Waals surface area contributed by atoms with Gasteiger partial charge in [0.1, 0.15) is 0 Å². The summed E-state index contributed by atoms with van der Waals surface area (Å²) in [5.41, 5.74) is 4.60. The molecule has 0 saturated carbocycles. The number of thioether (sulfide) groups is 1. The lowest BCUT2D eigenvalue weighted by molar-refractivity contribution is 0.539. The molecule has 1 aromatic carbocycles. The highest BCUT2D eigenvalue weighted by atomic mass is 32.2. The number of hydrogen-bond acceptors (Lipinski definition) is 3. The third-order valence-corrected chi connectivity index (χ3v) is 10.8. The van der Waals surface area contributed by atoms with E-state index in [1.54, 1.807) is 20.2 Å². The zero-order valence-corrected chi connectivity index (χ0v) is 23.2. The van der Waals surface area contributed by atoms with Gasteiger partial charge in [0.2, 0.25) is 0 Å². The smallest absolute Gasteiger partial charge is 0.0399 e. The van der Waals surface area contributed by atoms with Crippen molar-refractivity contribution in [2.75, 3.05) is 0 Å². The summed E-state index contributed by atoms with van der Waals surface area (Å²) in [6.07, 6.45) is 14.4. The van der Waals surface area contributed by atoms with Crippen molar-refractivity contribution in [3.63, 3.8) is 0 Å². The molecule has 5 rings (SSSR count). The van der Waals surface area contributed by atoms with Gasteiger partial charge in [0.05, 0.1) is 0 Å². The van der Waals surface area contributed by atoms with Gasteiger partial charge in [-0.25, -0.2) is 0 Å². The Morgan fingerprint density at radius 1 is 0.818 bits per heavy atom. The fourth-order valence-corrected chi connectivity index (χ4v) is 9.14. The number of hydrogen-bond donors (Lipinski definition) is 0. The number of benzene rings is 1. The van der Waals surface area contributed by atoms with E-state index in [-0.39, 0.29) is 0 Å². The predicted octanol–water partition coefficient (Wildman–Crippen LogP) is 10.3. The van der Waals surface area contributed by atoms with Crippen molar-refractivity contribution >= 4 is 56.2 Å². The van der Waals surface area contributed by atoms with E-state index in [1.807, 2.05) is 11.3 Å². The van der Waals surface area contributed by atoms with Crippen LogP contribution in [-0.4, -0.2) is 5.25 Å². The number of rotatable bonds is 10. The van der Waals surface area contributed by atoms with Crippen LogP contribution in [0.5, 0.6) is 0 Å². The molecule has 2 aromatic heterocycles. The molecule has 0 nitrogen and oxygen atoms in total. The maximum atomic E-state index is 2.53. The van der Waals surface area contributed by atoms with Crippen LogP contribution in [0.2, 0.25) is 0 Å². The van der Waals surface area contributed by atoms with Gasteiger partial charge in [-0.15, -0.1) is 34.4 Å². The summed E-state index contributed by atoms with van der Waals surface area (Å²) in [7, 11) is 0. The van der Waals surface area contributed by atoms with Crippen molar-refractivity contribution in [1.82, 2.24) is 0 Å². The lowest BCUT2D eigenvalue weighted by atomic mass is 9.92. The number of fused-ring (bicyclic) bond motifs is 5. The first-order chi connectivity index (χ1) is 16.0. The number of thiophene rings is 2. The van der Waals surface area contributed by atoms with Crippen LogP contribution in [0, 0.1) is 11.8 Å². The van der Waals surface area contributed by atoms with E-state index in [9.17, 15) is 0 Å². The molecule has 0 amide bonds. The first-order valence-corrected chi connectivity index (χ1v) is 15.5. The summed E-state index contributed by atoms with van der Waals surface area (Å²) in [5.74, 6) is 1.66. The number of aryl methyl sites for hydroxylation is 2. The van der Waals surface area contributed by atoms with Crippen molar-refractivity contribution in [3.05, 3.63) is 50.0 Å². The molecule has 0 N–H and O–H groups in total. The normalized spacial score (nSPS) is 17.0. The molecule has 1 unspecified atom stereocenters. The van der Waals surface area contributed by atoms with E-state index < -0.39 is 0 Å². The minimum absolute atomic E-state index is 0.618. The predicted molar refractivity (Wildman–Crippen MR) is 152 cm³/mol. The zero-order valence-electron chi connectivity index (χ0n) is 20.7. The highest BCUT2D eigenvalue weighted by Crippen LogP contribution is 2.52. The fourth-order valence-electron chi connectivity index (χ4n) is 5.23. The molecule has 33 heavy (non-hydrogen) atoms. The number of unbranched alkanes of at least 4 members (excludes halogenated alkanes) is 2. The van der Waals surface area contributed by atoms with Crippen molar-refractivity contribution in [2.24, 2.45) is 11.8 Å². The van der Waals surface area contributed by atoms with Gasteiger partial charge in [0, 0.05) is 29.5 Å². The summed E-state index contributed by atoms with van der Waals surface area (Å²) in [6.45, 7) is 9.34. The average molecular weight is 495 g/mol. The Bertz CT molecular complexity index is 1140. The van der Waals surface area contributed by atoms with Gasteiger partial charge in [0.25, 0.3) is 0 Å². The zero-order chi connectivity index (χ0) is 22.9. The van der Waals surface area contributed by atoms with Crippen LogP contribution < -0.4 is 0 Å². The third-order valence-electron chi connectivity index (χ3n) is 7.08. The second-order valence-electron chi connectivity index (χ2n) is 10.9. The molecule has 176 valence electrons. The molecule has 1 aliphatic heterocycles. The molecule has 3 aromatic rings. The van der Waals surface area contributed by atoms with E-state index in [2.05, 4.69) is 81.1 Å². The second kappa shape index (κ2) is 10.3. The van der Waals surface area contributed by atoms with E-state index >= 15 is 0 Å². The SMILES string of the molecule is CC(C)CCCCc1cc2c(s1)CC1Sc3cc4sc(CCCCC(C)C)cc4cc3C1=C2. The molecule has 0 bridgehead atoms. The largest absolute Gasteiger partial charge is 0.145 e. The fraction of sp³-hybridized carbons (Fsp3) is 0.533. The molecule has 3 heteroatoms. The van der Waals surface area contributed by atoms with E-state index in [4.69, 9.17) is 0 Å². The molecule has 1 atom stereocenters. The quantitative estimate of drug-likeness (QED) is 0.253. The van der Waals surface area contributed by atoms with E-state index in [0.717, 1.165) is 11.8 Å². The van der Waals surface area contributed by atoms with Crippen molar-refractivity contribution in [1.29, 1.82) is 0 Å². The van der Waals surface area contributed by atoms with Crippen LogP contribution in [0.1, 0.15) is 92.0 Å². The van der Waals surface area contributed by atoms with Gasteiger partial charge in [-0.2, -0.15) is 0 Å². The topological polar surface area (TPSA) is 0 Å². The van der Waals surface area contributed by atoms with Gasteiger partial charge < -0.3 is 0 Å². The lowest BCUT2D eigenvalue weighted by Gasteiger charge is -2.16. The lowest BCUT2D eigenvalue weighted by Crippen LogP contribution is -2.08. The average Bonchev–Trinajstić information content (AvgIpc) is 3.44. The molecule has 0 saturated heterocycles. The molecule has 0 radical (unpaired) electrons.